The van der Waals surface area contributed by atoms with Crippen LogP contribution in [0.4, 0.5) is 0 Å². The number of hydrogen-bond donors (Lipinski definition) is 1. The molecule has 0 saturated heterocycles. The van der Waals surface area contributed by atoms with E-state index < -0.39 is 0 Å². The molecule has 30 heavy (non-hydrogen) atoms. The van der Waals surface area contributed by atoms with Gasteiger partial charge in [0.05, 0.1) is 11.1 Å². The topological polar surface area (TPSA) is 48.1 Å². The zero-order chi connectivity index (χ0) is 20.5. The summed E-state index contributed by atoms with van der Waals surface area (Å²) in [6.45, 7) is 0. The summed E-state index contributed by atoms with van der Waals surface area (Å²) in [6, 6.07) is 20.9. The predicted molar refractivity (Wildman–Crippen MR) is 124 cm³/mol. The molecule has 4 aromatic rings. The van der Waals surface area contributed by atoms with Crippen molar-refractivity contribution in [3.8, 4) is 5.75 Å². The molecule has 1 aromatic heterocycles. The van der Waals surface area contributed by atoms with Gasteiger partial charge >= 0.3 is 0 Å². The van der Waals surface area contributed by atoms with E-state index in [1.807, 2.05) is 24.4 Å². The number of halogens is 1. The summed E-state index contributed by atoms with van der Waals surface area (Å²) in [5.74, 6) is 1.23. The van der Waals surface area contributed by atoms with E-state index >= 15 is 0 Å². The van der Waals surface area contributed by atoms with E-state index in [0.717, 1.165) is 42.2 Å². The second-order valence-corrected chi connectivity index (χ2v) is 8.66. The number of fused-ring (bicyclic) bond motifs is 2. The maximum atomic E-state index is 6.75. The van der Waals surface area contributed by atoms with Crippen LogP contribution in [-0.2, 0) is 0 Å². The first-order valence-electron chi connectivity index (χ1n) is 10.6. The van der Waals surface area contributed by atoms with E-state index in [1.165, 1.54) is 16.3 Å². The second kappa shape index (κ2) is 8.25. The summed E-state index contributed by atoms with van der Waals surface area (Å²) in [5, 5.41) is 5.28. The lowest BCUT2D eigenvalue weighted by Gasteiger charge is -2.33. The molecule has 1 aliphatic carbocycles. The zero-order valence-corrected chi connectivity index (χ0v) is 17.6. The highest BCUT2D eigenvalue weighted by molar-refractivity contribution is 6.32. The average Bonchev–Trinajstić information content (AvgIpc) is 2.79. The molecule has 3 nitrogen and oxygen atoms in total. The summed E-state index contributed by atoms with van der Waals surface area (Å²) in [5.41, 5.74) is 8.01. The van der Waals surface area contributed by atoms with Gasteiger partial charge in [0.25, 0.3) is 0 Å². The highest BCUT2D eigenvalue weighted by Gasteiger charge is 2.28. The first-order chi connectivity index (χ1) is 14.7. The molecule has 0 amide bonds. The lowest BCUT2D eigenvalue weighted by atomic mass is 9.79. The Labute approximate surface area is 181 Å². The number of nitrogens with zero attached hydrogens (tertiary/aromatic N) is 1. The van der Waals surface area contributed by atoms with Crippen LogP contribution >= 0.6 is 11.6 Å². The predicted octanol–water partition coefficient (Wildman–Crippen LogP) is 6.68. The van der Waals surface area contributed by atoms with E-state index in [4.69, 9.17) is 22.1 Å². The molecule has 1 saturated carbocycles. The highest BCUT2D eigenvalue weighted by Crippen LogP contribution is 2.38. The Morgan fingerprint density at radius 2 is 1.70 bits per heavy atom. The number of nitrogens with two attached hydrogens (primary N) is 1. The molecule has 0 aliphatic heterocycles. The molecule has 1 unspecified atom stereocenters. The van der Waals surface area contributed by atoms with Gasteiger partial charge in [0.1, 0.15) is 5.75 Å². The van der Waals surface area contributed by atoms with Crippen LogP contribution in [0, 0.1) is 5.92 Å². The molecular formula is C26H25ClN2O. The number of benzene rings is 3. The number of rotatable bonds is 4. The third kappa shape index (κ3) is 3.76. The van der Waals surface area contributed by atoms with Crippen molar-refractivity contribution >= 4 is 33.1 Å². The van der Waals surface area contributed by atoms with Crippen molar-refractivity contribution in [3.05, 3.63) is 83.6 Å². The van der Waals surface area contributed by atoms with Gasteiger partial charge in [-0.15, -0.1) is 0 Å². The number of pyridine rings is 1. The second-order valence-electron chi connectivity index (χ2n) is 8.25. The first kappa shape index (κ1) is 19.3. The number of hydrogen-bond acceptors (Lipinski definition) is 3. The Balaban J connectivity index is 1.28. The lowest BCUT2D eigenvalue weighted by molar-refractivity contribution is 0.123. The van der Waals surface area contributed by atoms with Crippen molar-refractivity contribution in [3.63, 3.8) is 0 Å². The Morgan fingerprint density at radius 3 is 2.57 bits per heavy atom. The van der Waals surface area contributed by atoms with Gasteiger partial charge in [0.15, 0.2) is 0 Å². The maximum absolute atomic E-state index is 6.75. The van der Waals surface area contributed by atoms with Crippen LogP contribution in [0.15, 0.2) is 73.1 Å². The van der Waals surface area contributed by atoms with E-state index in [9.17, 15) is 0 Å². The molecule has 5 rings (SSSR count). The highest BCUT2D eigenvalue weighted by atomic mass is 35.5. The van der Waals surface area contributed by atoms with Crippen LogP contribution in [0.5, 0.6) is 5.75 Å². The lowest BCUT2D eigenvalue weighted by Crippen LogP contribution is -2.30. The van der Waals surface area contributed by atoms with E-state index in [0.29, 0.717) is 10.9 Å². The Bertz CT molecular complexity index is 1180. The van der Waals surface area contributed by atoms with Gasteiger partial charge < -0.3 is 10.5 Å². The minimum Gasteiger partial charge on any atom is -0.489 e. The molecule has 1 atom stereocenters. The fraction of sp³-hybridized carbons (Fsp3) is 0.269. The van der Waals surface area contributed by atoms with Crippen molar-refractivity contribution < 1.29 is 4.74 Å². The molecule has 1 fully saturated rings. The molecule has 152 valence electrons. The third-order valence-electron chi connectivity index (χ3n) is 6.39. The van der Waals surface area contributed by atoms with Crippen molar-refractivity contribution in [1.29, 1.82) is 0 Å². The standard InChI is InChI=1S/C26H25ClN2O/c27-24-14-20-16-29-13-12-19(20)15-25(24)30-21-10-8-18(9-11-21)26(28)23-7-3-5-17-4-1-2-6-22(17)23/h1-7,12-16,18,21,26H,8-11,28H2. The average molecular weight is 417 g/mol. The molecule has 2 N–H and O–H groups in total. The van der Waals surface area contributed by atoms with Crippen molar-refractivity contribution in [2.24, 2.45) is 11.7 Å². The van der Waals surface area contributed by atoms with Crippen LogP contribution in [-0.4, -0.2) is 11.1 Å². The van der Waals surface area contributed by atoms with Crippen LogP contribution in [0.2, 0.25) is 5.02 Å². The molecule has 0 spiro atoms. The Morgan fingerprint density at radius 1 is 0.900 bits per heavy atom. The van der Waals surface area contributed by atoms with Gasteiger partial charge in [-0.25, -0.2) is 0 Å². The fourth-order valence-corrected chi connectivity index (χ4v) is 4.93. The molecule has 0 bridgehead atoms. The van der Waals surface area contributed by atoms with Gasteiger partial charge in [-0.05, 0) is 71.5 Å². The molecule has 3 aromatic carbocycles. The molecule has 0 radical (unpaired) electrons. The Kier molecular flexibility index (Phi) is 5.32. The normalized spacial score (nSPS) is 20.3. The largest absolute Gasteiger partial charge is 0.489 e. The zero-order valence-electron chi connectivity index (χ0n) is 16.8. The summed E-state index contributed by atoms with van der Waals surface area (Å²) in [6.07, 6.45) is 7.90. The summed E-state index contributed by atoms with van der Waals surface area (Å²) in [4.78, 5) is 4.16. The van der Waals surface area contributed by atoms with E-state index in [1.54, 1.807) is 6.20 Å². The summed E-state index contributed by atoms with van der Waals surface area (Å²) in [7, 11) is 0. The van der Waals surface area contributed by atoms with Gasteiger partial charge in [-0.2, -0.15) is 0 Å². The van der Waals surface area contributed by atoms with Crippen molar-refractivity contribution in [2.75, 3.05) is 0 Å². The van der Waals surface area contributed by atoms with Crippen LogP contribution in [0.3, 0.4) is 0 Å². The van der Waals surface area contributed by atoms with Gasteiger partial charge in [0, 0.05) is 23.8 Å². The Hall–Kier alpha value is -2.62. The van der Waals surface area contributed by atoms with Crippen LogP contribution < -0.4 is 10.5 Å². The first-order valence-corrected chi connectivity index (χ1v) is 11.0. The molecule has 1 heterocycles. The number of ether oxygens (including phenoxy) is 1. The van der Waals surface area contributed by atoms with Crippen LogP contribution in [0.1, 0.15) is 37.3 Å². The van der Waals surface area contributed by atoms with Gasteiger partial charge in [-0.3, -0.25) is 4.98 Å². The van der Waals surface area contributed by atoms with Gasteiger partial charge in [0.2, 0.25) is 0 Å². The monoisotopic (exact) mass is 416 g/mol. The summed E-state index contributed by atoms with van der Waals surface area (Å²) >= 11 is 6.46. The fourth-order valence-electron chi connectivity index (χ4n) is 4.72. The SMILES string of the molecule is NC(c1cccc2ccccc12)C1CCC(Oc2cc3ccncc3cc2Cl)CC1. The van der Waals surface area contributed by atoms with Crippen LogP contribution in [0.25, 0.3) is 21.5 Å². The summed E-state index contributed by atoms with van der Waals surface area (Å²) < 4.78 is 6.31. The van der Waals surface area contributed by atoms with Crippen molar-refractivity contribution in [2.45, 2.75) is 37.8 Å². The van der Waals surface area contributed by atoms with Gasteiger partial charge in [-0.1, -0.05) is 54.1 Å². The minimum absolute atomic E-state index is 0.0498. The van der Waals surface area contributed by atoms with E-state index in [-0.39, 0.29) is 12.1 Å². The quantitative estimate of drug-likeness (QED) is 0.403. The third-order valence-corrected chi connectivity index (χ3v) is 6.69. The molecule has 1 aliphatic rings. The molecule has 4 heteroatoms. The maximum Gasteiger partial charge on any atom is 0.138 e. The molecular weight excluding hydrogens is 392 g/mol. The van der Waals surface area contributed by atoms with Crippen molar-refractivity contribution in [1.82, 2.24) is 4.98 Å². The smallest absolute Gasteiger partial charge is 0.138 e. The van der Waals surface area contributed by atoms with E-state index in [2.05, 4.69) is 47.4 Å². The minimum atomic E-state index is 0.0498. The number of aromatic nitrogens is 1.